The molecular weight excluding hydrogens is 400 g/mol. The van der Waals surface area contributed by atoms with Gasteiger partial charge in [-0.05, 0) is 41.0 Å². The van der Waals surface area contributed by atoms with Crippen molar-refractivity contribution in [1.29, 1.82) is 0 Å². The smallest absolute Gasteiger partial charge is 0.115 e. The van der Waals surface area contributed by atoms with Crippen LogP contribution in [0.1, 0.15) is 48.0 Å². The number of rotatable bonds is 10. The summed E-state index contributed by atoms with van der Waals surface area (Å²) in [5.74, 6) is 0. The summed E-state index contributed by atoms with van der Waals surface area (Å²) in [6.45, 7) is 9.78. The summed E-state index contributed by atoms with van der Waals surface area (Å²) >= 11 is 0. The Kier molecular flexibility index (Phi) is 14.4. The predicted octanol–water partition coefficient (Wildman–Crippen LogP) is -1.45. The van der Waals surface area contributed by atoms with Crippen LogP contribution < -0.4 is 0 Å². The van der Waals surface area contributed by atoms with E-state index in [9.17, 15) is 25.5 Å². The van der Waals surface area contributed by atoms with Crippen LogP contribution in [-0.2, 0) is 14.2 Å². The molecule has 30 heavy (non-hydrogen) atoms. The number of hydrogen-bond donors (Lipinski definition) is 7. The quantitative estimate of drug-likeness (QED) is 0.212. The van der Waals surface area contributed by atoms with Gasteiger partial charge in [0.15, 0.2) is 0 Å². The Hall–Kier alpha value is -0.400. The fourth-order valence-electron chi connectivity index (χ4n) is 3.03. The monoisotopic (exact) mass is 442 g/mol. The molecule has 182 valence electrons. The van der Waals surface area contributed by atoms with E-state index in [-0.39, 0.29) is 18.8 Å². The van der Waals surface area contributed by atoms with E-state index in [2.05, 4.69) is 0 Å². The standard InChI is InChI=1S/C10H20O5.C10H22O5/c1-5(2)14-10-7(4-11)15-6(3)8(12)9(10)13;1-4-7(12)9(14)10(8(13)5-11)15-6(2)3/h5-13H,4H2,1-3H3;6-14H,4-5H2,1-3H3/t6?,7?,8-,9?,10-;7-,8?,9?,10-/m11/s1. The topological polar surface area (TPSA) is 169 Å². The van der Waals surface area contributed by atoms with E-state index in [0.717, 1.165) is 0 Å². The Balaban J connectivity index is 0.000000561. The molecule has 5 unspecified atom stereocenters. The van der Waals surface area contributed by atoms with Crippen LogP contribution in [0.4, 0.5) is 0 Å². The van der Waals surface area contributed by atoms with Crippen molar-refractivity contribution < 1.29 is 50.0 Å². The van der Waals surface area contributed by atoms with Crippen LogP contribution in [0.2, 0.25) is 0 Å². The van der Waals surface area contributed by atoms with Gasteiger partial charge in [0.05, 0.1) is 37.6 Å². The van der Waals surface area contributed by atoms with Crippen molar-refractivity contribution in [2.24, 2.45) is 0 Å². The summed E-state index contributed by atoms with van der Waals surface area (Å²) in [4.78, 5) is 0. The third-order valence-corrected chi connectivity index (χ3v) is 4.68. The van der Waals surface area contributed by atoms with Gasteiger partial charge in [-0.25, -0.2) is 0 Å². The third-order valence-electron chi connectivity index (χ3n) is 4.68. The average molecular weight is 443 g/mol. The second kappa shape index (κ2) is 14.6. The maximum Gasteiger partial charge on any atom is 0.115 e. The van der Waals surface area contributed by atoms with Gasteiger partial charge < -0.3 is 50.0 Å². The summed E-state index contributed by atoms with van der Waals surface area (Å²) in [5.41, 5.74) is 0. The van der Waals surface area contributed by atoms with Crippen LogP contribution in [0.15, 0.2) is 0 Å². The Labute approximate surface area is 179 Å². The molecule has 1 heterocycles. The minimum absolute atomic E-state index is 0.0945. The number of aliphatic hydroxyl groups is 7. The molecule has 1 aliphatic rings. The van der Waals surface area contributed by atoms with E-state index in [1.165, 1.54) is 0 Å². The summed E-state index contributed by atoms with van der Waals surface area (Å²) in [5, 5.41) is 65.8. The third kappa shape index (κ3) is 9.39. The summed E-state index contributed by atoms with van der Waals surface area (Å²) in [7, 11) is 0. The van der Waals surface area contributed by atoms with Crippen LogP contribution >= 0.6 is 0 Å². The second-order valence-corrected chi connectivity index (χ2v) is 8.06. The van der Waals surface area contributed by atoms with Gasteiger partial charge in [0.2, 0.25) is 0 Å². The molecule has 0 aromatic heterocycles. The molecule has 0 saturated carbocycles. The van der Waals surface area contributed by atoms with Crippen LogP contribution in [0.5, 0.6) is 0 Å². The molecule has 7 N–H and O–H groups in total. The highest BCUT2D eigenvalue weighted by Crippen LogP contribution is 2.24. The van der Waals surface area contributed by atoms with Crippen LogP contribution in [0.3, 0.4) is 0 Å². The first kappa shape index (κ1) is 29.6. The van der Waals surface area contributed by atoms with Crippen LogP contribution in [-0.4, -0.2) is 116 Å². The van der Waals surface area contributed by atoms with Gasteiger partial charge >= 0.3 is 0 Å². The van der Waals surface area contributed by atoms with Gasteiger partial charge in [0.25, 0.3) is 0 Å². The van der Waals surface area contributed by atoms with Gasteiger partial charge in [-0.2, -0.15) is 0 Å². The molecule has 0 aromatic rings. The SMILES string of the molecule is CC(C)O[C@@H]1C(CO)OC(C)[C@@H](O)C1O.CC[C@@H](O)C(O)[C@H](OC(C)C)C(O)CO. The maximum absolute atomic E-state index is 9.79. The molecule has 1 saturated heterocycles. The van der Waals surface area contributed by atoms with Crippen molar-refractivity contribution in [3.05, 3.63) is 0 Å². The van der Waals surface area contributed by atoms with E-state index in [1.54, 1.807) is 27.7 Å². The minimum Gasteiger partial charge on any atom is -0.394 e. The van der Waals surface area contributed by atoms with E-state index >= 15 is 0 Å². The van der Waals surface area contributed by atoms with E-state index in [1.807, 2.05) is 13.8 Å². The lowest BCUT2D eigenvalue weighted by atomic mass is 9.95. The van der Waals surface area contributed by atoms with Crippen molar-refractivity contribution in [3.63, 3.8) is 0 Å². The lowest BCUT2D eigenvalue weighted by Crippen LogP contribution is -2.59. The average Bonchev–Trinajstić information content (AvgIpc) is 2.70. The molecular formula is C20H42O10. The Morgan fingerprint density at radius 3 is 1.87 bits per heavy atom. The van der Waals surface area contributed by atoms with E-state index in [4.69, 9.17) is 24.4 Å². The van der Waals surface area contributed by atoms with Crippen molar-refractivity contribution >= 4 is 0 Å². The minimum atomic E-state index is -1.19. The molecule has 10 heteroatoms. The number of ether oxygens (including phenoxy) is 3. The molecule has 0 radical (unpaired) electrons. The lowest BCUT2D eigenvalue weighted by molar-refractivity contribution is -0.244. The first-order chi connectivity index (χ1) is 13.9. The molecule has 0 amide bonds. The number of hydrogen-bond acceptors (Lipinski definition) is 10. The van der Waals surface area contributed by atoms with Gasteiger partial charge in [-0.15, -0.1) is 0 Å². The fraction of sp³-hybridized carbons (Fsp3) is 1.00. The Morgan fingerprint density at radius 1 is 0.900 bits per heavy atom. The van der Waals surface area contributed by atoms with Crippen molar-refractivity contribution in [3.8, 4) is 0 Å². The van der Waals surface area contributed by atoms with Gasteiger partial charge in [-0.1, -0.05) is 6.92 Å². The molecule has 0 aromatic carbocycles. The normalized spacial score (nSPS) is 31.1. The van der Waals surface area contributed by atoms with Gasteiger partial charge in [0, 0.05) is 0 Å². The largest absolute Gasteiger partial charge is 0.394 e. The molecule has 0 bridgehead atoms. The first-order valence-corrected chi connectivity index (χ1v) is 10.5. The van der Waals surface area contributed by atoms with Gasteiger partial charge in [-0.3, -0.25) is 0 Å². The highest BCUT2D eigenvalue weighted by molar-refractivity contribution is 4.91. The summed E-state index contributed by atoms with van der Waals surface area (Å²) in [6.07, 6.45) is -8.01. The molecule has 0 aliphatic carbocycles. The van der Waals surface area contributed by atoms with Crippen molar-refractivity contribution in [1.82, 2.24) is 0 Å². The predicted molar refractivity (Wildman–Crippen MR) is 109 cm³/mol. The van der Waals surface area contributed by atoms with Crippen molar-refractivity contribution in [2.45, 2.75) is 115 Å². The first-order valence-electron chi connectivity index (χ1n) is 10.5. The van der Waals surface area contributed by atoms with E-state index < -0.39 is 61.5 Å². The number of aliphatic hydroxyl groups excluding tert-OH is 7. The highest BCUT2D eigenvalue weighted by Gasteiger charge is 2.43. The molecule has 1 rings (SSSR count). The Morgan fingerprint density at radius 2 is 1.47 bits per heavy atom. The fourth-order valence-corrected chi connectivity index (χ4v) is 3.03. The maximum atomic E-state index is 9.79. The van der Waals surface area contributed by atoms with Crippen LogP contribution in [0.25, 0.3) is 0 Å². The van der Waals surface area contributed by atoms with Gasteiger partial charge in [0.1, 0.15) is 42.7 Å². The molecule has 9 atom stereocenters. The van der Waals surface area contributed by atoms with E-state index in [0.29, 0.717) is 6.42 Å². The van der Waals surface area contributed by atoms with Crippen molar-refractivity contribution in [2.75, 3.05) is 13.2 Å². The Bertz CT molecular complexity index is 421. The molecule has 0 spiro atoms. The van der Waals surface area contributed by atoms with Crippen LogP contribution in [0, 0.1) is 0 Å². The molecule has 1 aliphatic heterocycles. The summed E-state index contributed by atoms with van der Waals surface area (Å²) in [6, 6.07) is 0. The zero-order chi connectivity index (χ0) is 23.6. The highest BCUT2D eigenvalue weighted by atomic mass is 16.6. The summed E-state index contributed by atoms with van der Waals surface area (Å²) < 4.78 is 16.0. The molecule has 10 nitrogen and oxygen atoms in total. The lowest BCUT2D eigenvalue weighted by Gasteiger charge is -2.41. The molecule has 1 fully saturated rings. The second-order valence-electron chi connectivity index (χ2n) is 8.06. The zero-order valence-corrected chi connectivity index (χ0v) is 18.8. The zero-order valence-electron chi connectivity index (χ0n) is 18.8.